The first-order valence-electron chi connectivity index (χ1n) is 14.0. The molecule has 0 aromatic rings. The smallest absolute Gasteiger partial charge is 0.336 e. The van der Waals surface area contributed by atoms with Gasteiger partial charge < -0.3 is 34.6 Å². The van der Waals surface area contributed by atoms with E-state index in [0.29, 0.717) is 11.1 Å². The van der Waals surface area contributed by atoms with Crippen molar-refractivity contribution in [2.45, 2.75) is 116 Å². The quantitative estimate of drug-likeness (QED) is 0.239. The number of hydrogen-bond acceptors (Lipinski definition) is 10. The van der Waals surface area contributed by atoms with Crippen molar-refractivity contribution in [3.8, 4) is 0 Å². The second-order valence-corrected chi connectivity index (χ2v) is 13.3. The molecule has 1 aliphatic heterocycles. The van der Waals surface area contributed by atoms with Gasteiger partial charge in [0, 0.05) is 87.5 Å². The van der Waals surface area contributed by atoms with Crippen molar-refractivity contribution in [1.29, 1.82) is 0 Å². The standard InChI is InChI=1S/C30H44O10.Ac/c1-14(2)9-15(3)23(34)26(35)40-19-12-30(37)25(39-17(5)31)24-28(8,21(33)11-22-29(24,36)13-38-22)20(32)10-18(16(19)4)27(30,6)7;/h9,15,19,21-25,33-34,36-37H,10-13H2,1-8H3;/t15-,19-,21-,22+,23+,24-,25-,28+,29-,30+;/m0./s1. The van der Waals surface area contributed by atoms with E-state index in [0.717, 1.165) is 5.57 Å². The average molecular weight is 792 g/mol. The molecule has 0 aromatic carbocycles. The molecule has 0 amide bonds. The van der Waals surface area contributed by atoms with Gasteiger partial charge in [0.1, 0.15) is 29.2 Å². The summed E-state index contributed by atoms with van der Waals surface area (Å²) in [7, 11) is 0. The van der Waals surface area contributed by atoms with Gasteiger partial charge in [-0.25, -0.2) is 4.79 Å². The molecular weight excluding hydrogens is 747 g/mol. The third-order valence-electron chi connectivity index (χ3n) is 10.3. The number of aliphatic hydroxyl groups is 4. The molecule has 1 saturated heterocycles. The Balaban J connectivity index is 0.00000462. The van der Waals surface area contributed by atoms with Crippen LogP contribution in [0.4, 0.5) is 0 Å². The summed E-state index contributed by atoms with van der Waals surface area (Å²) in [4.78, 5) is 39.7. The van der Waals surface area contributed by atoms with Crippen molar-refractivity contribution < 1.29 is 93.1 Å². The summed E-state index contributed by atoms with van der Waals surface area (Å²) >= 11 is 0. The Kier molecular flexibility index (Phi) is 9.92. The summed E-state index contributed by atoms with van der Waals surface area (Å²) in [6, 6.07) is 0. The maximum atomic E-state index is 14.1. The molecule has 2 bridgehead atoms. The predicted octanol–water partition coefficient (Wildman–Crippen LogP) is 1.76. The minimum Gasteiger partial charge on any atom is -0.459 e. The molecule has 227 valence electrons. The number of ether oxygens (including phenoxy) is 3. The Morgan fingerprint density at radius 1 is 1.12 bits per heavy atom. The third-order valence-corrected chi connectivity index (χ3v) is 10.3. The molecule has 0 spiro atoms. The van der Waals surface area contributed by atoms with Gasteiger partial charge in [-0.15, -0.1) is 0 Å². The van der Waals surface area contributed by atoms with E-state index in [1.165, 1.54) is 6.92 Å². The van der Waals surface area contributed by atoms with E-state index < -0.39 is 76.3 Å². The Bertz CT molecular complexity index is 1160. The zero-order valence-electron chi connectivity index (χ0n) is 25.3. The van der Waals surface area contributed by atoms with Crippen LogP contribution < -0.4 is 0 Å². The van der Waals surface area contributed by atoms with Crippen molar-refractivity contribution in [2.24, 2.45) is 22.7 Å². The molecule has 0 aromatic heterocycles. The van der Waals surface area contributed by atoms with Crippen LogP contribution in [0.3, 0.4) is 0 Å². The summed E-state index contributed by atoms with van der Waals surface area (Å²) in [6.45, 7) is 13.2. The van der Waals surface area contributed by atoms with E-state index in [1.807, 2.05) is 13.8 Å². The van der Waals surface area contributed by atoms with Crippen molar-refractivity contribution in [3.63, 3.8) is 0 Å². The van der Waals surface area contributed by atoms with Gasteiger partial charge in [-0.3, -0.25) is 9.59 Å². The Hall–Kier alpha value is -0.668. The normalized spacial score (nSPS) is 40.7. The maximum absolute atomic E-state index is 14.1. The Morgan fingerprint density at radius 3 is 2.24 bits per heavy atom. The van der Waals surface area contributed by atoms with Crippen molar-refractivity contribution >= 4 is 17.7 Å². The predicted molar refractivity (Wildman–Crippen MR) is 143 cm³/mol. The number of ketones is 1. The largest absolute Gasteiger partial charge is 0.459 e. The van der Waals surface area contributed by atoms with Gasteiger partial charge in [0.2, 0.25) is 0 Å². The zero-order valence-corrected chi connectivity index (χ0v) is 30.0. The topological polar surface area (TPSA) is 160 Å². The maximum Gasteiger partial charge on any atom is 0.336 e. The number of aliphatic hydroxyl groups excluding tert-OH is 2. The number of carbonyl (C=O) groups excluding carboxylic acids is 3. The van der Waals surface area contributed by atoms with Gasteiger partial charge in [0.05, 0.1) is 24.2 Å². The fourth-order valence-electron chi connectivity index (χ4n) is 7.66. The molecule has 3 aliphatic carbocycles. The zero-order chi connectivity index (χ0) is 30.2. The molecule has 0 unspecified atom stereocenters. The van der Waals surface area contributed by atoms with E-state index in [2.05, 4.69) is 0 Å². The number of allylic oxidation sites excluding steroid dienone is 1. The third kappa shape index (κ3) is 5.34. The van der Waals surface area contributed by atoms with E-state index in [4.69, 9.17) is 14.2 Å². The fraction of sp³-hybridized carbons (Fsp3) is 0.767. The second-order valence-electron chi connectivity index (χ2n) is 13.3. The molecule has 11 heteroatoms. The molecule has 4 N–H and O–H groups in total. The van der Waals surface area contributed by atoms with Gasteiger partial charge in [-0.2, -0.15) is 0 Å². The second kappa shape index (κ2) is 11.7. The van der Waals surface area contributed by atoms with Gasteiger partial charge in [-0.05, 0) is 33.3 Å². The van der Waals surface area contributed by atoms with E-state index in [1.54, 1.807) is 40.7 Å². The minimum atomic E-state index is -1.94. The number of esters is 2. The molecular formula is C30H44AcO10. The van der Waals surface area contributed by atoms with Crippen molar-refractivity contribution in [1.82, 2.24) is 0 Å². The van der Waals surface area contributed by atoms with Crippen LogP contribution in [0.1, 0.15) is 74.7 Å². The number of carbonyl (C=O) groups is 3. The van der Waals surface area contributed by atoms with Crippen LogP contribution in [0, 0.1) is 66.7 Å². The molecule has 1 radical (unpaired) electrons. The molecule has 1 heterocycles. The number of fused-ring (bicyclic) bond motifs is 5. The number of hydrogen-bond donors (Lipinski definition) is 4. The van der Waals surface area contributed by atoms with Gasteiger partial charge in [0.25, 0.3) is 0 Å². The summed E-state index contributed by atoms with van der Waals surface area (Å²) in [5, 5.41) is 46.4. The van der Waals surface area contributed by atoms with Gasteiger partial charge >= 0.3 is 11.9 Å². The van der Waals surface area contributed by atoms with E-state index in [-0.39, 0.29) is 75.7 Å². The van der Waals surface area contributed by atoms with Crippen molar-refractivity contribution in [2.75, 3.05) is 6.61 Å². The monoisotopic (exact) mass is 791 g/mol. The summed E-state index contributed by atoms with van der Waals surface area (Å²) in [5.41, 5.74) is -4.34. The van der Waals surface area contributed by atoms with Crippen LogP contribution in [-0.2, 0) is 28.6 Å². The van der Waals surface area contributed by atoms with Crippen LogP contribution in [0.25, 0.3) is 0 Å². The Morgan fingerprint density at radius 2 is 1.73 bits per heavy atom. The minimum absolute atomic E-state index is 0. The Labute approximate surface area is 277 Å². The average Bonchev–Trinajstić information content (AvgIpc) is 2.84. The number of Topliss-reactive ketones (excluding diaryl/α,β-unsaturated/α-hetero) is 1. The molecule has 10 nitrogen and oxygen atoms in total. The van der Waals surface area contributed by atoms with Crippen LogP contribution in [0.5, 0.6) is 0 Å². The molecule has 3 fully saturated rings. The van der Waals surface area contributed by atoms with Crippen LogP contribution >= 0.6 is 0 Å². The summed E-state index contributed by atoms with van der Waals surface area (Å²) in [5.74, 6) is -3.73. The van der Waals surface area contributed by atoms with E-state index in [9.17, 15) is 34.8 Å². The fourth-order valence-corrected chi connectivity index (χ4v) is 7.66. The van der Waals surface area contributed by atoms with Gasteiger partial charge in [0.15, 0.2) is 6.10 Å². The molecule has 4 aliphatic rings. The molecule has 41 heavy (non-hydrogen) atoms. The summed E-state index contributed by atoms with van der Waals surface area (Å²) < 4.78 is 17.2. The van der Waals surface area contributed by atoms with Crippen LogP contribution in [-0.4, -0.2) is 86.5 Å². The van der Waals surface area contributed by atoms with Crippen LogP contribution in [0.2, 0.25) is 0 Å². The number of rotatable bonds is 5. The molecule has 4 rings (SSSR count). The molecule has 2 saturated carbocycles. The van der Waals surface area contributed by atoms with E-state index >= 15 is 0 Å². The van der Waals surface area contributed by atoms with Crippen LogP contribution in [0.15, 0.2) is 22.8 Å². The first-order valence-corrected chi connectivity index (χ1v) is 14.0. The van der Waals surface area contributed by atoms with Gasteiger partial charge in [-0.1, -0.05) is 38.0 Å². The first-order chi connectivity index (χ1) is 18.3. The first kappa shape index (κ1) is 34.8. The SMILES string of the molecule is CC(=O)O[C@H]1[C@@H]2[C@]3(O)CO[C@@H]3C[C@H](O)[C@@]2(C)C(=O)CC2=C(C)[C@@H](OC(=O)[C@H](O)[C@@H](C)C=C(C)C)C[C@]1(O)C2(C)C.[Ac]. The molecule has 10 atom stereocenters. The summed E-state index contributed by atoms with van der Waals surface area (Å²) in [6.07, 6.45) is -4.62. The van der Waals surface area contributed by atoms with Crippen molar-refractivity contribution in [3.05, 3.63) is 22.8 Å².